The van der Waals surface area contributed by atoms with Gasteiger partial charge in [-0.05, 0) is 39.0 Å². The van der Waals surface area contributed by atoms with Crippen molar-refractivity contribution in [3.8, 4) is 0 Å². The number of carbonyl (C=O) groups excluding carboxylic acids is 1. The Bertz CT molecular complexity index is 443. The zero-order valence-corrected chi connectivity index (χ0v) is 17.9. The maximum absolute atomic E-state index is 12.3. The maximum Gasteiger partial charge on any atom is 0.197 e. The lowest BCUT2D eigenvalue weighted by molar-refractivity contribution is -0.113. The van der Waals surface area contributed by atoms with E-state index in [9.17, 15) is 4.79 Å². The van der Waals surface area contributed by atoms with Crippen molar-refractivity contribution in [2.24, 2.45) is 10.7 Å². The van der Waals surface area contributed by atoms with E-state index in [2.05, 4.69) is 24.1 Å². The Morgan fingerprint density at radius 2 is 1.56 bits per heavy atom. The fourth-order valence-corrected chi connectivity index (χ4v) is 3.57. The summed E-state index contributed by atoms with van der Waals surface area (Å²) in [7, 11) is 0. The summed E-state index contributed by atoms with van der Waals surface area (Å²) in [5.74, 6) is 0.780. The van der Waals surface area contributed by atoms with E-state index in [1.165, 1.54) is 70.6 Å². The van der Waals surface area contributed by atoms with Crippen molar-refractivity contribution in [3.05, 3.63) is 12.2 Å². The number of carbonyl (C=O) groups is 1. The Morgan fingerprint density at radius 1 is 1.00 bits per heavy atom. The number of Topliss-reactive ketones (excluding diaryl/α,β-unsaturated/α-hetero) is 1. The lowest BCUT2D eigenvalue weighted by Crippen LogP contribution is -2.44. The zero-order chi connectivity index (χ0) is 19.7. The molecule has 2 N–H and O–H groups in total. The second-order valence-corrected chi connectivity index (χ2v) is 7.90. The Balaban J connectivity index is 1.90. The highest BCUT2D eigenvalue weighted by Gasteiger charge is 2.25. The molecule has 0 fully saturated rings. The maximum atomic E-state index is 12.3. The van der Waals surface area contributed by atoms with Crippen LogP contribution in [0.5, 0.6) is 0 Å². The Morgan fingerprint density at radius 3 is 2.15 bits per heavy atom. The molecule has 0 bridgehead atoms. The van der Waals surface area contributed by atoms with Crippen molar-refractivity contribution in [1.82, 2.24) is 4.90 Å². The van der Waals surface area contributed by atoms with Crippen molar-refractivity contribution >= 4 is 11.6 Å². The van der Waals surface area contributed by atoms with E-state index in [-0.39, 0.29) is 11.9 Å². The minimum Gasteiger partial charge on any atom is -0.337 e. The number of aliphatic imine (C=N–C) groups is 1. The van der Waals surface area contributed by atoms with Crippen molar-refractivity contribution in [3.63, 3.8) is 0 Å². The molecule has 156 valence electrons. The molecule has 0 aromatic heterocycles. The SMILES string of the molecule is CCCCCCCC/C=C\CCCCCCCC(=O)C1=NCCN1C(C)N. The van der Waals surface area contributed by atoms with Gasteiger partial charge in [-0.25, -0.2) is 0 Å². The molecule has 0 amide bonds. The van der Waals surface area contributed by atoms with Crippen LogP contribution in [0.3, 0.4) is 0 Å². The van der Waals surface area contributed by atoms with Gasteiger partial charge < -0.3 is 10.6 Å². The van der Waals surface area contributed by atoms with E-state index in [1.807, 2.05) is 11.8 Å². The van der Waals surface area contributed by atoms with Gasteiger partial charge in [-0.15, -0.1) is 0 Å². The predicted molar refractivity (Wildman–Crippen MR) is 117 cm³/mol. The summed E-state index contributed by atoms with van der Waals surface area (Å²) < 4.78 is 0. The molecule has 0 spiro atoms. The van der Waals surface area contributed by atoms with Crippen LogP contribution in [0.4, 0.5) is 0 Å². The van der Waals surface area contributed by atoms with Crippen LogP contribution in [-0.2, 0) is 4.79 Å². The highest BCUT2D eigenvalue weighted by atomic mass is 16.1. The zero-order valence-electron chi connectivity index (χ0n) is 17.9. The number of nitrogens with two attached hydrogens (primary N) is 1. The normalized spacial score (nSPS) is 15.5. The van der Waals surface area contributed by atoms with E-state index in [0.717, 1.165) is 19.4 Å². The van der Waals surface area contributed by atoms with Gasteiger partial charge in [-0.3, -0.25) is 9.79 Å². The van der Waals surface area contributed by atoms with Gasteiger partial charge in [-0.1, -0.05) is 70.4 Å². The number of nitrogens with zero attached hydrogens (tertiary/aromatic N) is 2. The van der Waals surface area contributed by atoms with Gasteiger partial charge in [0.1, 0.15) is 0 Å². The van der Waals surface area contributed by atoms with Gasteiger partial charge in [-0.2, -0.15) is 0 Å². The first-order chi connectivity index (χ1) is 13.2. The molecular formula is C23H43N3O. The predicted octanol–water partition coefficient (Wildman–Crippen LogP) is 5.61. The van der Waals surface area contributed by atoms with Gasteiger partial charge in [0.2, 0.25) is 0 Å². The van der Waals surface area contributed by atoms with Crippen LogP contribution in [0.2, 0.25) is 0 Å². The molecule has 0 aromatic carbocycles. The minimum absolute atomic E-state index is 0.121. The fourth-order valence-electron chi connectivity index (χ4n) is 3.57. The molecule has 0 saturated heterocycles. The molecule has 1 aliphatic rings. The molecule has 0 radical (unpaired) electrons. The van der Waals surface area contributed by atoms with Crippen LogP contribution in [-0.4, -0.2) is 35.8 Å². The average molecular weight is 378 g/mol. The van der Waals surface area contributed by atoms with Gasteiger partial charge in [0, 0.05) is 13.0 Å². The molecule has 4 heteroatoms. The first kappa shape index (κ1) is 23.9. The van der Waals surface area contributed by atoms with Gasteiger partial charge in [0.15, 0.2) is 11.6 Å². The van der Waals surface area contributed by atoms with Crippen LogP contribution in [0, 0.1) is 0 Å². The Labute approximate surface area is 167 Å². The van der Waals surface area contributed by atoms with Gasteiger partial charge in [0.05, 0.1) is 12.7 Å². The molecule has 1 atom stereocenters. The number of hydrogen-bond acceptors (Lipinski definition) is 4. The molecule has 27 heavy (non-hydrogen) atoms. The monoisotopic (exact) mass is 377 g/mol. The van der Waals surface area contributed by atoms with Crippen LogP contribution in [0.25, 0.3) is 0 Å². The number of unbranched alkanes of at least 4 members (excludes halogenated alkanes) is 11. The van der Waals surface area contributed by atoms with E-state index >= 15 is 0 Å². The third-order valence-electron chi connectivity index (χ3n) is 5.28. The summed E-state index contributed by atoms with van der Waals surface area (Å²) in [4.78, 5) is 18.5. The molecule has 0 aromatic rings. The van der Waals surface area contributed by atoms with Crippen LogP contribution < -0.4 is 5.73 Å². The highest BCUT2D eigenvalue weighted by Crippen LogP contribution is 2.12. The van der Waals surface area contributed by atoms with Gasteiger partial charge >= 0.3 is 0 Å². The van der Waals surface area contributed by atoms with Crippen molar-refractivity contribution < 1.29 is 4.79 Å². The minimum atomic E-state index is -0.121. The Hall–Kier alpha value is -1.16. The van der Waals surface area contributed by atoms with Crippen molar-refractivity contribution in [2.75, 3.05) is 13.1 Å². The number of ketones is 1. The van der Waals surface area contributed by atoms with Crippen LogP contribution >= 0.6 is 0 Å². The molecule has 0 saturated carbocycles. The third kappa shape index (κ3) is 11.3. The standard InChI is InChI=1S/C23H43N3O/c1-3-4-5-6-7-8-9-10-11-12-13-14-15-16-17-18-22(27)23-25-19-20-26(23)21(2)24/h10-11,21H,3-9,12-20,24H2,1-2H3/b11-10-. The van der Waals surface area contributed by atoms with Crippen LogP contribution in [0.1, 0.15) is 104 Å². The molecule has 1 aliphatic heterocycles. The number of amidine groups is 1. The van der Waals surface area contributed by atoms with E-state index < -0.39 is 0 Å². The van der Waals surface area contributed by atoms with Crippen LogP contribution in [0.15, 0.2) is 17.1 Å². The summed E-state index contributed by atoms with van der Waals surface area (Å²) in [6.07, 6.45) is 21.8. The van der Waals surface area contributed by atoms with Crippen molar-refractivity contribution in [2.45, 2.75) is 110 Å². The van der Waals surface area contributed by atoms with E-state index in [0.29, 0.717) is 18.8 Å². The Kier molecular flexibility index (Phi) is 14.0. The summed E-state index contributed by atoms with van der Waals surface area (Å²) in [5.41, 5.74) is 5.90. The highest BCUT2D eigenvalue weighted by molar-refractivity contribution is 6.39. The quantitative estimate of drug-likeness (QED) is 0.265. The van der Waals surface area contributed by atoms with Gasteiger partial charge in [0.25, 0.3) is 0 Å². The number of allylic oxidation sites excluding steroid dienone is 2. The molecule has 1 unspecified atom stereocenters. The van der Waals surface area contributed by atoms with E-state index in [1.54, 1.807) is 0 Å². The summed E-state index contributed by atoms with van der Waals surface area (Å²) in [6, 6.07) is 0. The molecule has 4 nitrogen and oxygen atoms in total. The second-order valence-electron chi connectivity index (χ2n) is 7.90. The fraction of sp³-hybridized carbons (Fsp3) is 0.826. The first-order valence-corrected chi connectivity index (χ1v) is 11.4. The summed E-state index contributed by atoms with van der Waals surface area (Å²) in [5, 5.41) is 0. The number of rotatable bonds is 17. The molecular weight excluding hydrogens is 334 g/mol. The molecule has 1 heterocycles. The molecule has 0 aliphatic carbocycles. The lowest BCUT2D eigenvalue weighted by atomic mass is 10.1. The average Bonchev–Trinajstić information content (AvgIpc) is 3.15. The van der Waals surface area contributed by atoms with Crippen molar-refractivity contribution in [1.29, 1.82) is 0 Å². The topological polar surface area (TPSA) is 58.7 Å². The number of hydrogen-bond donors (Lipinski definition) is 1. The third-order valence-corrected chi connectivity index (χ3v) is 5.28. The first-order valence-electron chi connectivity index (χ1n) is 11.4. The lowest BCUT2D eigenvalue weighted by Gasteiger charge is -2.23. The smallest absolute Gasteiger partial charge is 0.197 e. The largest absolute Gasteiger partial charge is 0.337 e. The summed E-state index contributed by atoms with van der Waals surface area (Å²) >= 11 is 0. The van der Waals surface area contributed by atoms with E-state index in [4.69, 9.17) is 5.73 Å². The second kappa shape index (κ2) is 15.9. The molecule has 1 rings (SSSR count). The summed E-state index contributed by atoms with van der Waals surface area (Å²) in [6.45, 7) is 5.67.